The highest BCUT2D eigenvalue weighted by Crippen LogP contribution is 2.42. The van der Waals surface area contributed by atoms with E-state index in [9.17, 15) is 28.4 Å². The number of halogens is 3. The lowest BCUT2D eigenvalue weighted by Gasteiger charge is -2.32. The van der Waals surface area contributed by atoms with Crippen LogP contribution in [0.25, 0.3) is 5.57 Å². The number of aryl methyl sites for hydroxylation is 1. The topological polar surface area (TPSA) is 89.4 Å². The number of nitrogens with zero attached hydrogens (tertiary/aromatic N) is 1. The van der Waals surface area contributed by atoms with Crippen LogP contribution in [0.2, 0.25) is 0 Å². The fraction of sp³-hybridized carbons (Fsp3) is 0.500. The van der Waals surface area contributed by atoms with Crippen LogP contribution in [-0.4, -0.2) is 28.4 Å². The Bertz CT molecular complexity index is 629. The minimum absolute atomic E-state index is 0.0991. The van der Waals surface area contributed by atoms with E-state index in [0.717, 1.165) is 12.5 Å². The van der Waals surface area contributed by atoms with Gasteiger partial charge in [0.05, 0.1) is 4.92 Å². The van der Waals surface area contributed by atoms with Crippen molar-refractivity contribution >= 4 is 11.3 Å². The zero-order valence-electron chi connectivity index (χ0n) is 13.6. The maximum Gasteiger partial charge on any atom is 0.422 e. The number of nitrogens with two attached hydrogens (primary N) is 1. The van der Waals surface area contributed by atoms with E-state index in [1.165, 1.54) is 25.1 Å². The average Bonchev–Trinajstić information content (AvgIpc) is 2.50. The summed E-state index contributed by atoms with van der Waals surface area (Å²) in [7, 11) is 0. The molecule has 0 bridgehead atoms. The predicted octanol–water partition coefficient (Wildman–Crippen LogP) is 3.73. The molecule has 0 saturated heterocycles. The molecule has 8 heteroatoms. The van der Waals surface area contributed by atoms with Gasteiger partial charge in [-0.25, -0.2) is 0 Å². The molecule has 0 heterocycles. The number of allylic oxidation sites excluding steroid dienone is 1. The molecule has 0 fully saturated rings. The summed E-state index contributed by atoms with van der Waals surface area (Å²) in [5, 5.41) is 21.0. The molecular weight excluding hydrogens is 325 g/mol. The number of non-ortho nitro benzene ring substituents is 1. The Morgan fingerprint density at radius 1 is 1.42 bits per heavy atom. The van der Waals surface area contributed by atoms with Crippen LogP contribution in [-0.2, 0) is 0 Å². The SMILES string of the molecule is CCCC/C=C(\c1ccc([N+](=O)[O-])cc1C)C(O)(CN)C(F)(F)F. The van der Waals surface area contributed by atoms with Gasteiger partial charge in [-0.15, -0.1) is 0 Å². The summed E-state index contributed by atoms with van der Waals surface area (Å²) < 4.78 is 40.2. The fourth-order valence-electron chi connectivity index (χ4n) is 2.39. The van der Waals surface area contributed by atoms with Gasteiger partial charge in [0.15, 0.2) is 5.60 Å². The second kappa shape index (κ2) is 7.76. The predicted molar refractivity (Wildman–Crippen MR) is 85.4 cm³/mol. The Morgan fingerprint density at radius 2 is 2.04 bits per heavy atom. The van der Waals surface area contributed by atoms with Crippen LogP contribution < -0.4 is 5.73 Å². The number of nitro groups is 1. The summed E-state index contributed by atoms with van der Waals surface area (Å²) in [6.07, 6.45) is -1.89. The van der Waals surface area contributed by atoms with E-state index in [4.69, 9.17) is 5.73 Å². The summed E-state index contributed by atoms with van der Waals surface area (Å²) in [6.45, 7) is 2.32. The van der Waals surface area contributed by atoms with Gasteiger partial charge in [0.2, 0.25) is 0 Å². The van der Waals surface area contributed by atoms with Crippen molar-refractivity contribution in [3.8, 4) is 0 Å². The van der Waals surface area contributed by atoms with Gasteiger partial charge in [-0.3, -0.25) is 10.1 Å². The molecule has 1 aromatic carbocycles. The van der Waals surface area contributed by atoms with Gasteiger partial charge in [0.1, 0.15) is 0 Å². The van der Waals surface area contributed by atoms with Crippen LogP contribution >= 0.6 is 0 Å². The van der Waals surface area contributed by atoms with Crippen molar-refractivity contribution in [1.82, 2.24) is 0 Å². The zero-order valence-corrected chi connectivity index (χ0v) is 13.6. The molecular formula is C16H21F3N2O3. The van der Waals surface area contributed by atoms with Crippen LogP contribution in [0.5, 0.6) is 0 Å². The van der Waals surface area contributed by atoms with Crippen molar-refractivity contribution in [2.45, 2.75) is 44.9 Å². The lowest BCUT2D eigenvalue weighted by molar-refractivity contribution is -0.384. The first-order chi connectivity index (χ1) is 11.1. The first-order valence-corrected chi connectivity index (χ1v) is 7.53. The summed E-state index contributed by atoms with van der Waals surface area (Å²) >= 11 is 0. The highest BCUT2D eigenvalue weighted by Gasteiger charge is 2.55. The number of hydrogen-bond donors (Lipinski definition) is 2. The van der Waals surface area contributed by atoms with Gasteiger partial charge in [0.25, 0.3) is 5.69 Å². The lowest BCUT2D eigenvalue weighted by Crippen LogP contribution is -2.52. The number of aliphatic hydroxyl groups is 1. The molecule has 0 amide bonds. The number of alkyl halides is 3. The third-order valence-corrected chi connectivity index (χ3v) is 3.83. The molecule has 24 heavy (non-hydrogen) atoms. The molecule has 0 aliphatic rings. The molecule has 0 aromatic heterocycles. The Hall–Kier alpha value is -1.93. The lowest BCUT2D eigenvalue weighted by atomic mass is 9.84. The molecule has 3 N–H and O–H groups in total. The van der Waals surface area contributed by atoms with Crippen molar-refractivity contribution in [2.75, 3.05) is 6.54 Å². The standard InChI is InChI=1S/C16H21F3N2O3/c1-3-4-5-6-14(15(22,10-20)16(17,18)19)13-8-7-12(21(23)24)9-11(13)2/h6-9,22H,3-5,10,20H2,1-2H3/b14-6+. The van der Waals surface area contributed by atoms with Crippen molar-refractivity contribution in [3.05, 3.63) is 45.5 Å². The normalized spacial score (nSPS) is 15.2. The first kappa shape index (κ1) is 20.1. The minimum Gasteiger partial charge on any atom is -0.375 e. The number of rotatable bonds is 7. The van der Waals surface area contributed by atoms with E-state index in [1.807, 2.05) is 6.92 Å². The molecule has 1 unspecified atom stereocenters. The van der Waals surface area contributed by atoms with Crippen molar-refractivity contribution in [3.63, 3.8) is 0 Å². The van der Waals surface area contributed by atoms with Crippen molar-refractivity contribution in [1.29, 1.82) is 0 Å². The summed E-state index contributed by atoms with van der Waals surface area (Å²) in [5.74, 6) is 0. The van der Waals surface area contributed by atoms with E-state index >= 15 is 0 Å². The number of hydrogen-bond acceptors (Lipinski definition) is 4. The zero-order chi connectivity index (χ0) is 18.5. The smallest absolute Gasteiger partial charge is 0.375 e. The van der Waals surface area contributed by atoms with Crippen LogP contribution in [0.15, 0.2) is 24.3 Å². The monoisotopic (exact) mass is 346 g/mol. The van der Waals surface area contributed by atoms with Crippen molar-refractivity contribution < 1.29 is 23.2 Å². The van der Waals surface area contributed by atoms with Crippen LogP contribution in [0.1, 0.15) is 37.3 Å². The fourth-order valence-corrected chi connectivity index (χ4v) is 2.39. The van der Waals surface area contributed by atoms with E-state index < -0.39 is 23.2 Å². The molecule has 1 atom stereocenters. The molecule has 5 nitrogen and oxygen atoms in total. The number of unbranched alkanes of at least 4 members (excludes halogenated alkanes) is 2. The maximum absolute atomic E-state index is 13.4. The Kier molecular flexibility index (Phi) is 6.50. The third kappa shape index (κ3) is 4.12. The Morgan fingerprint density at radius 3 is 2.46 bits per heavy atom. The van der Waals surface area contributed by atoms with E-state index in [-0.39, 0.29) is 22.4 Å². The van der Waals surface area contributed by atoms with E-state index in [2.05, 4.69) is 0 Å². The largest absolute Gasteiger partial charge is 0.422 e. The molecule has 134 valence electrons. The highest BCUT2D eigenvalue weighted by atomic mass is 19.4. The summed E-state index contributed by atoms with van der Waals surface area (Å²) in [5.41, 5.74) is 1.81. The summed E-state index contributed by atoms with van der Waals surface area (Å²) in [6, 6.07) is 3.51. The van der Waals surface area contributed by atoms with Gasteiger partial charge in [-0.2, -0.15) is 13.2 Å². The highest BCUT2D eigenvalue weighted by molar-refractivity contribution is 5.76. The van der Waals surface area contributed by atoms with Crippen LogP contribution in [0, 0.1) is 17.0 Å². The molecule has 0 saturated carbocycles. The number of nitro benzene ring substituents is 1. The average molecular weight is 346 g/mol. The van der Waals surface area contributed by atoms with Crippen molar-refractivity contribution in [2.24, 2.45) is 5.73 Å². The molecule has 0 aliphatic carbocycles. The number of benzene rings is 1. The van der Waals surface area contributed by atoms with Crippen LogP contribution in [0.4, 0.5) is 18.9 Å². The molecule has 0 spiro atoms. The minimum atomic E-state index is -4.96. The Balaban J connectivity index is 3.50. The van der Waals surface area contributed by atoms with Gasteiger partial charge in [-0.05, 0) is 36.1 Å². The Labute approximate surface area is 138 Å². The van der Waals surface area contributed by atoms with Gasteiger partial charge in [0, 0.05) is 18.7 Å². The van der Waals surface area contributed by atoms with Gasteiger partial charge >= 0.3 is 6.18 Å². The molecule has 1 aromatic rings. The van der Waals surface area contributed by atoms with Gasteiger partial charge in [-0.1, -0.05) is 25.8 Å². The summed E-state index contributed by atoms with van der Waals surface area (Å²) in [4.78, 5) is 10.2. The van der Waals surface area contributed by atoms with Crippen LogP contribution in [0.3, 0.4) is 0 Å². The van der Waals surface area contributed by atoms with E-state index in [0.29, 0.717) is 12.8 Å². The maximum atomic E-state index is 13.4. The second-order valence-corrected chi connectivity index (χ2v) is 5.58. The van der Waals surface area contributed by atoms with E-state index in [1.54, 1.807) is 0 Å². The molecule has 1 rings (SSSR count). The third-order valence-electron chi connectivity index (χ3n) is 3.83. The molecule has 0 radical (unpaired) electrons. The quantitative estimate of drug-likeness (QED) is 0.447. The second-order valence-electron chi connectivity index (χ2n) is 5.58. The molecule has 0 aliphatic heterocycles. The van der Waals surface area contributed by atoms with Gasteiger partial charge < -0.3 is 10.8 Å². The first-order valence-electron chi connectivity index (χ1n) is 7.53.